The van der Waals surface area contributed by atoms with Crippen LogP contribution in [0.3, 0.4) is 0 Å². The van der Waals surface area contributed by atoms with Crippen LogP contribution in [0.5, 0.6) is 0 Å². The predicted molar refractivity (Wildman–Crippen MR) is 141 cm³/mol. The maximum absolute atomic E-state index is 12.4. The largest absolute Gasteiger partial charge is 0.352 e. The second kappa shape index (κ2) is 17.1. The number of carbonyl (C=O) groups is 1. The average Bonchev–Trinajstić information content (AvgIpc) is 2.70. The van der Waals surface area contributed by atoms with E-state index in [-0.39, 0.29) is 5.92 Å². The van der Waals surface area contributed by atoms with Gasteiger partial charge < -0.3 is 15.1 Å². The highest BCUT2D eigenvalue weighted by molar-refractivity contribution is 7.53. The first-order valence-corrected chi connectivity index (χ1v) is 14.0. The molecule has 0 aromatic heterocycles. The first kappa shape index (κ1) is 31.6. The third-order valence-electron chi connectivity index (χ3n) is 6.01. The van der Waals surface area contributed by atoms with Crippen molar-refractivity contribution in [2.75, 3.05) is 6.54 Å². The van der Waals surface area contributed by atoms with Crippen LogP contribution in [-0.4, -0.2) is 27.9 Å². The van der Waals surface area contributed by atoms with Gasteiger partial charge in [0, 0.05) is 6.54 Å². The first-order valence-electron chi connectivity index (χ1n) is 12.3. The van der Waals surface area contributed by atoms with Gasteiger partial charge in [-0.25, -0.2) is 0 Å². The van der Waals surface area contributed by atoms with Gasteiger partial charge in [-0.1, -0.05) is 73.3 Å². The second-order valence-corrected chi connectivity index (χ2v) is 11.1. The standard InChI is InChI=1S/C27H48NO4P/c1-8-25(9-2)26(33(30,31)32)27(29)28-20-19-24(7)18-12-17-23(6)16-11-15-22(5)14-10-13-21(3)4/h13,15,17,19,25-26H,8-12,14,16,18,20H2,1-7H3,(H,28,29)(H2,30,31,32). The van der Waals surface area contributed by atoms with Crippen molar-refractivity contribution in [1.29, 1.82) is 0 Å². The molecule has 0 bridgehead atoms. The van der Waals surface area contributed by atoms with Crippen molar-refractivity contribution in [3.63, 3.8) is 0 Å². The Hall–Kier alpha value is -1.42. The lowest BCUT2D eigenvalue weighted by molar-refractivity contribution is -0.121. The van der Waals surface area contributed by atoms with E-state index in [1.807, 2.05) is 26.8 Å². The first-order chi connectivity index (χ1) is 15.4. The number of carbonyl (C=O) groups excluding carboxylic acids is 1. The summed E-state index contributed by atoms with van der Waals surface area (Å²) in [7, 11) is -4.49. The van der Waals surface area contributed by atoms with E-state index in [2.05, 4.69) is 51.2 Å². The maximum atomic E-state index is 12.4. The van der Waals surface area contributed by atoms with Crippen LogP contribution in [0.25, 0.3) is 0 Å². The Morgan fingerprint density at radius 3 is 1.61 bits per heavy atom. The molecule has 0 fully saturated rings. The summed E-state index contributed by atoms with van der Waals surface area (Å²) in [5.74, 6) is -0.874. The van der Waals surface area contributed by atoms with Crippen molar-refractivity contribution in [3.8, 4) is 0 Å². The third-order valence-corrected chi connectivity index (χ3v) is 7.39. The highest BCUT2D eigenvalue weighted by Gasteiger charge is 2.40. The van der Waals surface area contributed by atoms with Crippen LogP contribution in [0, 0.1) is 5.92 Å². The van der Waals surface area contributed by atoms with Crippen LogP contribution in [-0.2, 0) is 9.36 Å². The van der Waals surface area contributed by atoms with Crippen molar-refractivity contribution in [1.82, 2.24) is 5.32 Å². The molecule has 0 saturated carbocycles. The lowest BCUT2D eigenvalue weighted by atomic mass is 9.98. The quantitative estimate of drug-likeness (QED) is 0.160. The molecule has 0 aliphatic heterocycles. The van der Waals surface area contributed by atoms with E-state index in [0.717, 1.165) is 44.1 Å². The van der Waals surface area contributed by atoms with Gasteiger partial charge in [0.15, 0.2) is 0 Å². The van der Waals surface area contributed by atoms with E-state index < -0.39 is 19.2 Å². The monoisotopic (exact) mass is 481 g/mol. The summed E-state index contributed by atoms with van der Waals surface area (Å²) in [6.45, 7) is 14.7. The van der Waals surface area contributed by atoms with Gasteiger partial charge in [0.05, 0.1) is 0 Å². The van der Waals surface area contributed by atoms with Crippen LogP contribution in [0.15, 0.2) is 46.6 Å². The molecule has 33 heavy (non-hydrogen) atoms. The van der Waals surface area contributed by atoms with E-state index in [9.17, 15) is 19.1 Å². The lowest BCUT2D eigenvalue weighted by Gasteiger charge is -2.24. The Morgan fingerprint density at radius 1 is 0.788 bits per heavy atom. The summed E-state index contributed by atoms with van der Waals surface area (Å²) < 4.78 is 11.8. The molecular weight excluding hydrogens is 433 g/mol. The molecule has 6 heteroatoms. The smallest absolute Gasteiger partial charge is 0.338 e. The number of nitrogens with one attached hydrogen (secondary N) is 1. The van der Waals surface area contributed by atoms with Crippen LogP contribution in [0.1, 0.15) is 99.8 Å². The predicted octanol–water partition coefficient (Wildman–Crippen LogP) is 7.23. The topological polar surface area (TPSA) is 86.6 Å². The van der Waals surface area contributed by atoms with Gasteiger partial charge in [-0.05, 0) is 79.1 Å². The highest BCUT2D eigenvalue weighted by atomic mass is 31.2. The summed E-state index contributed by atoms with van der Waals surface area (Å²) in [6.07, 6.45) is 16.2. The number of hydrogen-bond donors (Lipinski definition) is 3. The van der Waals surface area contributed by atoms with Crippen LogP contribution in [0.4, 0.5) is 0 Å². The lowest BCUT2D eigenvalue weighted by Crippen LogP contribution is -2.39. The molecule has 0 aliphatic rings. The van der Waals surface area contributed by atoms with Crippen molar-refractivity contribution in [2.24, 2.45) is 5.92 Å². The van der Waals surface area contributed by atoms with Gasteiger partial charge in [0.2, 0.25) is 5.91 Å². The van der Waals surface area contributed by atoms with Gasteiger partial charge in [-0.15, -0.1) is 0 Å². The molecule has 0 heterocycles. The van der Waals surface area contributed by atoms with Gasteiger partial charge in [-0.2, -0.15) is 0 Å². The zero-order valence-corrected chi connectivity index (χ0v) is 22.9. The third kappa shape index (κ3) is 15.2. The van der Waals surface area contributed by atoms with Crippen molar-refractivity contribution >= 4 is 13.5 Å². The summed E-state index contributed by atoms with van der Waals surface area (Å²) in [6, 6.07) is 0. The fourth-order valence-electron chi connectivity index (χ4n) is 3.79. The molecule has 0 rings (SSSR count). The van der Waals surface area contributed by atoms with E-state index in [1.54, 1.807) is 0 Å². The Kier molecular flexibility index (Phi) is 16.3. The average molecular weight is 482 g/mol. The van der Waals surface area contributed by atoms with E-state index in [1.165, 1.54) is 16.7 Å². The number of hydrogen-bond acceptors (Lipinski definition) is 2. The molecule has 3 N–H and O–H groups in total. The molecule has 1 unspecified atom stereocenters. The molecule has 0 radical (unpaired) electrons. The van der Waals surface area contributed by atoms with Crippen LogP contribution in [0.2, 0.25) is 0 Å². The number of amides is 1. The molecule has 0 spiro atoms. The fraction of sp³-hybridized carbons (Fsp3) is 0.667. The minimum atomic E-state index is -4.49. The van der Waals surface area contributed by atoms with Gasteiger partial charge in [-0.3, -0.25) is 9.36 Å². The van der Waals surface area contributed by atoms with Gasteiger partial charge in [0.1, 0.15) is 5.66 Å². The van der Waals surface area contributed by atoms with Crippen molar-refractivity contribution < 1.29 is 19.1 Å². The summed E-state index contributed by atoms with van der Waals surface area (Å²) in [4.78, 5) is 31.7. The molecule has 190 valence electrons. The maximum Gasteiger partial charge on any atom is 0.338 e. The minimum absolute atomic E-state index is 0.292. The molecule has 0 aromatic carbocycles. The summed E-state index contributed by atoms with van der Waals surface area (Å²) in [5, 5.41) is 2.69. The highest BCUT2D eigenvalue weighted by Crippen LogP contribution is 2.46. The number of rotatable bonds is 16. The van der Waals surface area contributed by atoms with Gasteiger partial charge in [0.25, 0.3) is 0 Å². The summed E-state index contributed by atoms with van der Waals surface area (Å²) >= 11 is 0. The van der Waals surface area contributed by atoms with E-state index >= 15 is 0 Å². The minimum Gasteiger partial charge on any atom is -0.352 e. The van der Waals surface area contributed by atoms with Crippen molar-refractivity contribution in [3.05, 3.63) is 46.6 Å². The molecular formula is C27H48NO4P. The summed E-state index contributed by atoms with van der Waals surface area (Å²) in [5.41, 5.74) is 4.10. The van der Waals surface area contributed by atoms with E-state index in [0.29, 0.717) is 19.4 Å². The molecule has 0 saturated heterocycles. The Labute approximate surface area is 202 Å². The Bertz CT molecular complexity index is 750. The Morgan fingerprint density at radius 2 is 1.21 bits per heavy atom. The molecule has 5 nitrogen and oxygen atoms in total. The molecule has 0 aliphatic carbocycles. The number of allylic oxidation sites excluding steroid dienone is 7. The van der Waals surface area contributed by atoms with Crippen molar-refractivity contribution in [2.45, 2.75) is 105 Å². The molecule has 1 atom stereocenters. The van der Waals surface area contributed by atoms with Crippen LogP contribution < -0.4 is 5.32 Å². The zero-order chi connectivity index (χ0) is 25.4. The normalized spacial score (nSPS) is 14.4. The van der Waals surface area contributed by atoms with Gasteiger partial charge >= 0.3 is 7.60 Å². The van der Waals surface area contributed by atoms with Crippen LogP contribution >= 0.6 is 7.60 Å². The Balaban J connectivity index is 4.47. The fourth-order valence-corrected chi connectivity index (χ4v) is 5.16. The SMILES string of the molecule is CCC(CC)C(C(=O)NCC=C(C)CCC=C(C)CCC=C(C)CCC=C(C)C)P(=O)(O)O. The second-order valence-electron chi connectivity index (χ2n) is 9.40. The molecule has 0 aromatic rings. The zero-order valence-electron chi connectivity index (χ0n) is 22.0. The molecule has 1 amide bonds. The van der Waals surface area contributed by atoms with E-state index in [4.69, 9.17) is 0 Å².